The molecule has 1 amide bonds. The Morgan fingerprint density at radius 1 is 1.38 bits per heavy atom. The Morgan fingerprint density at radius 2 is 2.14 bits per heavy atom. The summed E-state index contributed by atoms with van der Waals surface area (Å²) in [5.41, 5.74) is 1.49. The van der Waals surface area contributed by atoms with Crippen LogP contribution in [-0.4, -0.2) is 42.5 Å². The highest BCUT2D eigenvalue weighted by atomic mass is 35.5. The molecule has 2 unspecified atom stereocenters. The molecule has 114 valence electrons. The molecule has 1 aliphatic heterocycles. The van der Waals surface area contributed by atoms with E-state index in [2.05, 4.69) is 22.5 Å². The van der Waals surface area contributed by atoms with Crippen molar-refractivity contribution >= 4 is 23.2 Å². The maximum Gasteiger partial charge on any atom is 0.251 e. The van der Waals surface area contributed by atoms with E-state index in [-0.39, 0.29) is 5.91 Å². The van der Waals surface area contributed by atoms with E-state index in [1.807, 2.05) is 6.07 Å². The van der Waals surface area contributed by atoms with Crippen LogP contribution in [0.15, 0.2) is 18.2 Å². The highest BCUT2D eigenvalue weighted by Crippen LogP contribution is 2.35. The van der Waals surface area contributed by atoms with Crippen molar-refractivity contribution in [2.24, 2.45) is 0 Å². The van der Waals surface area contributed by atoms with Gasteiger partial charge in [-0.05, 0) is 44.4 Å². The summed E-state index contributed by atoms with van der Waals surface area (Å²) in [6.07, 6.45) is 3.80. The van der Waals surface area contributed by atoms with Crippen LogP contribution < -0.4 is 10.6 Å². The molecule has 21 heavy (non-hydrogen) atoms. The number of anilines is 1. The molecule has 1 aromatic rings. The van der Waals surface area contributed by atoms with Gasteiger partial charge in [0.2, 0.25) is 0 Å². The molecule has 1 saturated carbocycles. The number of nitrogens with one attached hydrogen (secondary N) is 2. The second-order valence-electron chi connectivity index (χ2n) is 6.13. The van der Waals surface area contributed by atoms with Gasteiger partial charge in [-0.25, -0.2) is 0 Å². The van der Waals surface area contributed by atoms with Crippen molar-refractivity contribution in [3.63, 3.8) is 0 Å². The summed E-state index contributed by atoms with van der Waals surface area (Å²) in [5.74, 6) is -0.0888. The first-order valence-electron chi connectivity index (χ1n) is 7.62. The number of nitrogens with zero attached hydrogens (tertiary/aromatic N) is 1. The van der Waals surface area contributed by atoms with Gasteiger partial charge in [0.15, 0.2) is 0 Å². The molecule has 2 fully saturated rings. The lowest BCUT2D eigenvalue weighted by Crippen LogP contribution is -2.31. The van der Waals surface area contributed by atoms with Crippen molar-refractivity contribution in [2.45, 2.75) is 44.3 Å². The zero-order chi connectivity index (χ0) is 15.0. The van der Waals surface area contributed by atoms with Gasteiger partial charge in [-0.1, -0.05) is 11.6 Å². The zero-order valence-electron chi connectivity index (χ0n) is 12.5. The second-order valence-corrected chi connectivity index (χ2v) is 6.53. The van der Waals surface area contributed by atoms with Gasteiger partial charge in [0.25, 0.3) is 5.91 Å². The minimum Gasteiger partial charge on any atom is -0.380 e. The Balaban J connectivity index is 1.71. The molecule has 0 bridgehead atoms. The Kier molecular flexibility index (Phi) is 4.09. The number of rotatable bonds is 4. The molecule has 1 aliphatic carbocycles. The topological polar surface area (TPSA) is 44.4 Å². The standard InChI is InChI=1S/C16H22ClN3O/c1-10-7-12(9-20(10)13-4-5-13)19-15-8-11(16(21)18-2)3-6-14(15)17/h3,6,8,10,12-13,19H,4-5,7,9H2,1-2H3,(H,18,21). The molecule has 5 heteroatoms. The average molecular weight is 308 g/mol. The van der Waals surface area contributed by atoms with Crippen LogP contribution in [0.25, 0.3) is 0 Å². The van der Waals surface area contributed by atoms with Gasteiger partial charge in [-0.15, -0.1) is 0 Å². The zero-order valence-corrected chi connectivity index (χ0v) is 13.3. The fraction of sp³-hybridized carbons (Fsp3) is 0.562. The Morgan fingerprint density at radius 3 is 2.81 bits per heavy atom. The van der Waals surface area contributed by atoms with Crippen molar-refractivity contribution in [1.82, 2.24) is 10.2 Å². The van der Waals surface area contributed by atoms with Gasteiger partial charge in [-0.2, -0.15) is 0 Å². The fourth-order valence-corrected chi connectivity index (χ4v) is 3.39. The first kappa shape index (κ1) is 14.7. The van der Waals surface area contributed by atoms with Crippen LogP contribution in [0.1, 0.15) is 36.5 Å². The summed E-state index contributed by atoms with van der Waals surface area (Å²) in [7, 11) is 1.64. The van der Waals surface area contributed by atoms with E-state index in [0.717, 1.165) is 24.7 Å². The van der Waals surface area contributed by atoms with Crippen LogP contribution >= 0.6 is 11.6 Å². The summed E-state index contributed by atoms with van der Waals surface area (Å²) < 4.78 is 0. The fourth-order valence-electron chi connectivity index (χ4n) is 3.22. The highest BCUT2D eigenvalue weighted by molar-refractivity contribution is 6.33. The SMILES string of the molecule is CNC(=O)c1ccc(Cl)c(NC2CC(C)N(C3CC3)C2)c1. The normalized spacial score (nSPS) is 25.9. The monoisotopic (exact) mass is 307 g/mol. The minimum atomic E-state index is -0.0888. The number of hydrogen-bond donors (Lipinski definition) is 2. The molecule has 2 atom stereocenters. The summed E-state index contributed by atoms with van der Waals surface area (Å²) in [6.45, 7) is 3.36. The van der Waals surface area contributed by atoms with Crippen LogP contribution in [0.5, 0.6) is 0 Å². The predicted molar refractivity (Wildman–Crippen MR) is 86.1 cm³/mol. The number of carbonyl (C=O) groups is 1. The van der Waals surface area contributed by atoms with E-state index in [1.165, 1.54) is 12.8 Å². The molecule has 0 aromatic heterocycles. The third-order valence-electron chi connectivity index (χ3n) is 4.45. The van der Waals surface area contributed by atoms with E-state index >= 15 is 0 Å². The Labute approximate surface area is 130 Å². The second kappa shape index (κ2) is 5.85. The largest absolute Gasteiger partial charge is 0.380 e. The lowest BCUT2D eigenvalue weighted by Gasteiger charge is -2.20. The van der Waals surface area contributed by atoms with Crippen molar-refractivity contribution in [1.29, 1.82) is 0 Å². The Hall–Kier alpha value is -1.26. The van der Waals surface area contributed by atoms with Crippen molar-refractivity contribution in [2.75, 3.05) is 18.9 Å². The molecule has 4 nitrogen and oxygen atoms in total. The highest BCUT2D eigenvalue weighted by Gasteiger charge is 2.38. The van der Waals surface area contributed by atoms with E-state index in [1.54, 1.807) is 19.2 Å². The van der Waals surface area contributed by atoms with E-state index in [0.29, 0.717) is 22.7 Å². The minimum absolute atomic E-state index is 0.0888. The summed E-state index contributed by atoms with van der Waals surface area (Å²) >= 11 is 6.26. The number of hydrogen-bond acceptors (Lipinski definition) is 3. The van der Waals surface area contributed by atoms with Gasteiger partial charge in [0.1, 0.15) is 0 Å². The van der Waals surface area contributed by atoms with Gasteiger partial charge in [0, 0.05) is 37.3 Å². The molecule has 1 saturated heterocycles. The van der Waals surface area contributed by atoms with Gasteiger partial charge in [0.05, 0.1) is 10.7 Å². The van der Waals surface area contributed by atoms with Crippen LogP contribution in [0.3, 0.4) is 0 Å². The van der Waals surface area contributed by atoms with Crippen LogP contribution in [0.4, 0.5) is 5.69 Å². The molecule has 1 aromatic carbocycles. The number of halogens is 1. The molecular formula is C16H22ClN3O. The number of likely N-dealkylation sites (tertiary alicyclic amines) is 1. The van der Waals surface area contributed by atoms with Crippen molar-refractivity contribution in [3.8, 4) is 0 Å². The summed E-state index contributed by atoms with van der Waals surface area (Å²) in [6, 6.07) is 7.19. The van der Waals surface area contributed by atoms with E-state index in [9.17, 15) is 4.79 Å². The van der Waals surface area contributed by atoms with Gasteiger partial charge >= 0.3 is 0 Å². The maximum atomic E-state index is 11.7. The summed E-state index contributed by atoms with van der Waals surface area (Å²) in [5, 5.41) is 6.83. The van der Waals surface area contributed by atoms with E-state index in [4.69, 9.17) is 11.6 Å². The maximum absolute atomic E-state index is 11.7. The smallest absolute Gasteiger partial charge is 0.251 e. The van der Waals surface area contributed by atoms with Crippen LogP contribution in [0.2, 0.25) is 5.02 Å². The van der Waals surface area contributed by atoms with Crippen LogP contribution in [-0.2, 0) is 0 Å². The van der Waals surface area contributed by atoms with Crippen molar-refractivity contribution in [3.05, 3.63) is 28.8 Å². The molecule has 0 radical (unpaired) electrons. The molecule has 2 aliphatic rings. The van der Waals surface area contributed by atoms with Gasteiger partial charge < -0.3 is 10.6 Å². The average Bonchev–Trinajstić information content (AvgIpc) is 3.25. The number of carbonyl (C=O) groups excluding carboxylic acids is 1. The quantitative estimate of drug-likeness (QED) is 0.899. The molecule has 1 heterocycles. The van der Waals surface area contributed by atoms with Crippen molar-refractivity contribution < 1.29 is 4.79 Å². The predicted octanol–water partition coefficient (Wildman–Crippen LogP) is 2.74. The number of benzene rings is 1. The molecular weight excluding hydrogens is 286 g/mol. The molecule has 2 N–H and O–H groups in total. The number of amides is 1. The van der Waals surface area contributed by atoms with E-state index < -0.39 is 0 Å². The lowest BCUT2D eigenvalue weighted by atomic mass is 10.1. The summed E-state index contributed by atoms with van der Waals surface area (Å²) in [4.78, 5) is 14.3. The third-order valence-corrected chi connectivity index (χ3v) is 4.78. The first-order chi connectivity index (χ1) is 10.1. The third kappa shape index (κ3) is 3.16. The first-order valence-corrected chi connectivity index (χ1v) is 8.00. The molecule has 3 rings (SSSR count). The Bertz CT molecular complexity index is 544. The van der Waals surface area contributed by atoms with Gasteiger partial charge in [-0.3, -0.25) is 9.69 Å². The van der Waals surface area contributed by atoms with Crippen LogP contribution in [0, 0.1) is 0 Å². The molecule has 0 spiro atoms. The lowest BCUT2D eigenvalue weighted by molar-refractivity contribution is 0.0963.